The van der Waals surface area contributed by atoms with Crippen molar-refractivity contribution in [2.75, 3.05) is 27.7 Å². The van der Waals surface area contributed by atoms with Gasteiger partial charge in [0.2, 0.25) is 0 Å². The van der Waals surface area contributed by atoms with Crippen molar-refractivity contribution in [1.82, 2.24) is 15.2 Å². The summed E-state index contributed by atoms with van der Waals surface area (Å²) in [5.41, 5.74) is 3.42. The van der Waals surface area contributed by atoms with Gasteiger partial charge in [-0.15, -0.1) is 0 Å². The molecule has 0 radical (unpaired) electrons. The van der Waals surface area contributed by atoms with Crippen LogP contribution in [0, 0.1) is 6.92 Å². The van der Waals surface area contributed by atoms with Crippen LogP contribution in [-0.4, -0.2) is 48.9 Å². The molecule has 1 saturated carbocycles. The number of amides is 1. The van der Waals surface area contributed by atoms with Gasteiger partial charge in [-0.2, -0.15) is 0 Å². The molecule has 1 fully saturated rings. The Morgan fingerprint density at radius 1 is 1.43 bits per heavy atom. The van der Waals surface area contributed by atoms with Crippen molar-refractivity contribution in [3.63, 3.8) is 0 Å². The summed E-state index contributed by atoms with van der Waals surface area (Å²) in [6.45, 7) is 3.66. The number of aryl methyl sites for hydroxylation is 1. The minimum atomic E-state index is -0.393. The maximum atomic E-state index is 11.5. The molecule has 0 aromatic carbocycles. The summed E-state index contributed by atoms with van der Waals surface area (Å²) in [7, 11) is 6.41. The third-order valence-electron chi connectivity index (χ3n) is 4.61. The number of hydrogen-bond donors (Lipinski definition) is 2. The predicted octanol–water partition coefficient (Wildman–Crippen LogP) is 1.11. The van der Waals surface area contributed by atoms with Gasteiger partial charge in [0, 0.05) is 24.2 Å². The first-order valence-corrected chi connectivity index (χ1v) is 7.34. The van der Waals surface area contributed by atoms with Crippen molar-refractivity contribution in [3.8, 4) is 0 Å². The Balaban J connectivity index is 2.01. The SMILES string of the molecule is Cc1oc(C(=O)NN)cc1CN(C)CC1(N(C)C)CCC1. The summed E-state index contributed by atoms with van der Waals surface area (Å²) in [6, 6.07) is 1.77. The molecule has 0 saturated heterocycles. The van der Waals surface area contributed by atoms with E-state index in [1.807, 2.05) is 6.92 Å². The van der Waals surface area contributed by atoms with Crippen molar-refractivity contribution in [1.29, 1.82) is 0 Å². The minimum absolute atomic E-state index is 0.268. The number of nitrogen functional groups attached to an aromatic ring is 1. The Kier molecular flexibility index (Phi) is 4.70. The molecule has 0 unspecified atom stereocenters. The minimum Gasteiger partial charge on any atom is -0.456 e. The molecule has 6 nitrogen and oxygen atoms in total. The van der Waals surface area contributed by atoms with E-state index in [4.69, 9.17) is 10.3 Å². The molecular formula is C15H26N4O2. The van der Waals surface area contributed by atoms with E-state index in [1.165, 1.54) is 19.3 Å². The number of likely N-dealkylation sites (N-methyl/N-ethyl adjacent to an activating group) is 2. The number of hydrazine groups is 1. The van der Waals surface area contributed by atoms with Crippen LogP contribution in [0.25, 0.3) is 0 Å². The molecule has 0 bridgehead atoms. The van der Waals surface area contributed by atoms with Gasteiger partial charge in [0.05, 0.1) is 0 Å². The van der Waals surface area contributed by atoms with Crippen molar-refractivity contribution in [2.24, 2.45) is 5.84 Å². The number of carbonyl (C=O) groups excluding carboxylic acids is 1. The van der Waals surface area contributed by atoms with Gasteiger partial charge in [-0.3, -0.25) is 10.2 Å². The van der Waals surface area contributed by atoms with Gasteiger partial charge in [0.25, 0.3) is 0 Å². The topological polar surface area (TPSA) is 74.7 Å². The zero-order chi connectivity index (χ0) is 15.6. The van der Waals surface area contributed by atoms with Crippen LogP contribution >= 0.6 is 0 Å². The highest BCUT2D eigenvalue weighted by molar-refractivity contribution is 5.91. The molecule has 2 rings (SSSR count). The fourth-order valence-electron chi connectivity index (χ4n) is 3.04. The molecule has 0 atom stereocenters. The normalized spacial score (nSPS) is 17.1. The van der Waals surface area contributed by atoms with E-state index >= 15 is 0 Å². The fourth-order valence-corrected chi connectivity index (χ4v) is 3.04. The number of nitrogens with two attached hydrogens (primary N) is 1. The van der Waals surface area contributed by atoms with Crippen LogP contribution < -0.4 is 11.3 Å². The van der Waals surface area contributed by atoms with Crippen molar-refractivity contribution < 1.29 is 9.21 Å². The lowest BCUT2D eigenvalue weighted by Crippen LogP contribution is -2.56. The number of hydrogen-bond acceptors (Lipinski definition) is 5. The van der Waals surface area contributed by atoms with Crippen molar-refractivity contribution >= 4 is 5.91 Å². The standard InChI is InChI=1S/C15H26N4O2/c1-11-12(8-13(21-11)14(20)17-16)9-19(4)10-15(18(2)3)6-5-7-15/h8H,5-7,9-10,16H2,1-4H3,(H,17,20). The fraction of sp³-hybridized carbons (Fsp3) is 0.667. The lowest BCUT2D eigenvalue weighted by atomic mass is 9.75. The summed E-state index contributed by atoms with van der Waals surface area (Å²) in [6.07, 6.45) is 3.79. The number of nitrogens with one attached hydrogen (secondary N) is 1. The van der Waals surface area contributed by atoms with Gasteiger partial charge in [0.15, 0.2) is 5.76 Å². The summed E-state index contributed by atoms with van der Waals surface area (Å²) in [5, 5.41) is 0. The molecule has 1 aliphatic carbocycles. The van der Waals surface area contributed by atoms with Gasteiger partial charge >= 0.3 is 5.91 Å². The maximum absolute atomic E-state index is 11.5. The van der Waals surface area contributed by atoms with Crippen molar-refractivity contribution in [3.05, 3.63) is 23.2 Å². The highest BCUT2D eigenvalue weighted by atomic mass is 16.4. The zero-order valence-corrected chi connectivity index (χ0v) is 13.4. The van der Waals surface area contributed by atoms with Crippen LogP contribution in [0.5, 0.6) is 0 Å². The summed E-state index contributed by atoms with van der Waals surface area (Å²) in [5.74, 6) is 5.78. The Morgan fingerprint density at radius 3 is 2.57 bits per heavy atom. The average molecular weight is 294 g/mol. The molecule has 1 aromatic rings. The number of rotatable bonds is 6. The Bertz CT molecular complexity index is 506. The monoisotopic (exact) mass is 294 g/mol. The molecular weight excluding hydrogens is 268 g/mol. The number of nitrogens with zero attached hydrogens (tertiary/aromatic N) is 2. The zero-order valence-electron chi connectivity index (χ0n) is 13.4. The average Bonchev–Trinajstić information content (AvgIpc) is 2.74. The highest BCUT2D eigenvalue weighted by Gasteiger charge is 2.39. The third-order valence-corrected chi connectivity index (χ3v) is 4.61. The van der Waals surface area contributed by atoms with Crippen LogP contribution in [0.15, 0.2) is 10.5 Å². The van der Waals surface area contributed by atoms with Crippen LogP contribution in [0.1, 0.15) is 41.1 Å². The molecule has 1 aromatic heterocycles. The Morgan fingerprint density at radius 2 is 2.10 bits per heavy atom. The molecule has 6 heteroatoms. The third kappa shape index (κ3) is 3.28. The lowest BCUT2D eigenvalue weighted by Gasteiger charge is -2.49. The Hall–Kier alpha value is -1.37. The smallest absolute Gasteiger partial charge is 0.300 e. The second kappa shape index (κ2) is 6.17. The van der Waals surface area contributed by atoms with E-state index in [2.05, 4.69) is 36.4 Å². The van der Waals surface area contributed by atoms with Crippen LogP contribution in [0.2, 0.25) is 0 Å². The van der Waals surface area contributed by atoms with Gasteiger partial charge in [-0.1, -0.05) is 0 Å². The molecule has 1 heterocycles. The first-order chi connectivity index (χ1) is 9.88. The first-order valence-electron chi connectivity index (χ1n) is 7.34. The lowest BCUT2D eigenvalue weighted by molar-refractivity contribution is 0.0258. The van der Waals surface area contributed by atoms with Crippen LogP contribution in [-0.2, 0) is 6.54 Å². The van der Waals surface area contributed by atoms with Gasteiger partial charge in [-0.05, 0) is 53.4 Å². The van der Waals surface area contributed by atoms with Crippen LogP contribution in [0.3, 0.4) is 0 Å². The van der Waals surface area contributed by atoms with Crippen LogP contribution in [0.4, 0.5) is 0 Å². The van der Waals surface area contributed by atoms with E-state index < -0.39 is 5.91 Å². The molecule has 3 N–H and O–H groups in total. The van der Waals surface area contributed by atoms with Gasteiger partial charge in [0.1, 0.15) is 5.76 Å². The van der Waals surface area contributed by atoms with Gasteiger partial charge < -0.3 is 14.2 Å². The summed E-state index contributed by atoms with van der Waals surface area (Å²) < 4.78 is 5.46. The maximum Gasteiger partial charge on any atom is 0.300 e. The summed E-state index contributed by atoms with van der Waals surface area (Å²) >= 11 is 0. The Labute approximate surface area is 126 Å². The second-order valence-corrected chi connectivity index (χ2v) is 6.31. The first kappa shape index (κ1) is 16.0. The largest absolute Gasteiger partial charge is 0.456 e. The van der Waals surface area contributed by atoms with E-state index in [-0.39, 0.29) is 5.76 Å². The molecule has 21 heavy (non-hydrogen) atoms. The molecule has 0 spiro atoms. The summed E-state index contributed by atoms with van der Waals surface area (Å²) in [4.78, 5) is 16.1. The van der Waals surface area contributed by atoms with E-state index in [9.17, 15) is 4.79 Å². The molecule has 118 valence electrons. The number of carbonyl (C=O) groups is 1. The van der Waals surface area contributed by atoms with E-state index in [1.54, 1.807) is 6.07 Å². The second-order valence-electron chi connectivity index (χ2n) is 6.31. The molecule has 1 aliphatic rings. The highest BCUT2D eigenvalue weighted by Crippen LogP contribution is 2.36. The van der Waals surface area contributed by atoms with Crippen molar-refractivity contribution in [2.45, 2.75) is 38.3 Å². The van der Waals surface area contributed by atoms with E-state index in [0.29, 0.717) is 5.54 Å². The quantitative estimate of drug-likeness (QED) is 0.467. The molecule has 0 aliphatic heterocycles. The van der Waals surface area contributed by atoms with Gasteiger partial charge in [-0.25, -0.2) is 5.84 Å². The molecule has 1 amide bonds. The van der Waals surface area contributed by atoms with E-state index in [0.717, 1.165) is 24.4 Å². The predicted molar refractivity (Wildman–Crippen MR) is 81.7 cm³/mol. The number of furan rings is 1.